The average Bonchev–Trinajstić information content (AvgIpc) is 2.49. The van der Waals surface area contributed by atoms with Gasteiger partial charge in [0.25, 0.3) is 0 Å². The molecule has 2 heteroatoms. The largest absolute Gasteiger partial charge is 0.343 e. The molecule has 0 saturated carbocycles. The van der Waals surface area contributed by atoms with Crippen molar-refractivity contribution in [2.75, 3.05) is 6.61 Å². The van der Waals surface area contributed by atoms with Crippen LogP contribution in [-0.2, 0) is 15.3 Å². The molecule has 0 aliphatic carbocycles. The lowest BCUT2D eigenvalue weighted by atomic mass is 10.1. The van der Waals surface area contributed by atoms with Gasteiger partial charge in [0.1, 0.15) is 0 Å². The first-order valence-corrected chi connectivity index (χ1v) is 4.41. The van der Waals surface area contributed by atoms with Gasteiger partial charge in [-0.1, -0.05) is 30.3 Å². The molecule has 1 saturated heterocycles. The van der Waals surface area contributed by atoms with Gasteiger partial charge >= 0.3 is 0 Å². The van der Waals surface area contributed by atoms with Crippen LogP contribution in [0.4, 0.5) is 0 Å². The van der Waals surface area contributed by atoms with Gasteiger partial charge in [0, 0.05) is 5.56 Å². The summed E-state index contributed by atoms with van der Waals surface area (Å²) in [6, 6.07) is 9.92. The minimum atomic E-state index is -0.603. The maximum atomic E-state index is 5.60. The van der Waals surface area contributed by atoms with E-state index in [1.807, 2.05) is 37.3 Å². The van der Waals surface area contributed by atoms with E-state index in [4.69, 9.17) is 9.47 Å². The second-order valence-electron chi connectivity index (χ2n) is 3.36. The van der Waals surface area contributed by atoms with Crippen LogP contribution >= 0.6 is 0 Å². The van der Waals surface area contributed by atoms with E-state index in [1.54, 1.807) is 0 Å². The van der Waals surface area contributed by atoms with Crippen LogP contribution < -0.4 is 0 Å². The predicted molar refractivity (Wildman–Crippen MR) is 50.0 cm³/mol. The molecule has 2 atom stereocenters. The van der Waals surface area contributed by atoms with Crippen LogP contribution in [0.5, 0.6) is 0 Å². The van der Waals surface area contributed by atoms with Crippen molar-refractivity contribution in [2.24, 2.45) is 0 Å². The minimum Gasteiger partial charge on any atom is -0.343 e. The molecule has 0 aromatic heterocycles. The molecule has 69 valence electrons. The first-order valence-electron chi connectivity index (χ1n) is 4.41. The molecule has 2 unspecified atom stereocenters. The summed E-state index contributed by atoms with van der Waals surface area (Å²) in [6.45, 7) is 6.30. The highest BCUT2D eigenvalue weighted by molar-refractivity contribution is 5.20. The van der Waals surface area contributed by atoms with Crippen LogP contribution in [0.2, 0.25) is 0 Å². The highest BCUT2D eigenvalue weighted by atomic mass is 16.7. The summed E-state index contributed by atoms with van der Waals surface area (Å²) in [7, 11) is 0. The summed E-state index contributed by atoms with van der Waals surface area (Å²) in [5.74, 6) is -0.603. The second-order valence-corrected chi connectivity index (χ2v) is 3.36. The van der Waals surface area contributed by atoms with Crippen LogP contribution in [-0.4, -0.2) is 12.7 Å². The van der Waals surface area contributed by atoms with Crippen molar-refractivity contribution in [2.45, 2.75) is 18.8 Å². The van der Waals surface area contributed by atoms with E-state index in [0.29, 0.717) is 6.61 Å². The summed E-state index contributed by atoms with van der Waals surface area (Å²) in [6.07, 6.45) is -0.0646. The summed E-state index contributed by atoms with van der Waals surface area (Å²) in [5, 5.41) is 0. The summed E-state index contributed by atoms with van der Waals surface area (Å²) in [4.78, 5) is 0. The van der Waals surface area contributed by atoms with Crippen molar-refractivity contribution in [3.05, 3.63) is 42.8 Å². The molecule has 0 spiro atoms. The Hall–Kier alpha value is -0.860. The molecule has 2 rings (SSSR count). The van der Waals surface area contributed by atoms with Crippen molar-refractivity contribution in [3.63, 3.8) is 0 Å². The maximum Gasteiger partial charge on any atom is 0.192 e. The van der Waals surface area contributed by atoms with E-state index in [0.717, 1.165) is 5.56 Å². The smallest absolute Gasteiger partial charge is 0.192 e. The van der Waals surface area contributed by atoms with Gasteiger partial charge in [-0.3, -0.25) is 0 Å². The van der Waals surface area contributed by atoms with Gasteiger partial charge in [-0.05, 0) is 13.8 Å². The van der Waals surface area contributed by atoms with Gasteiger partial charge < -0.3 is 9.47 Å². The van der Waals surface area contributed by atoms with E-state index >= 15 is 0 Å². The van der Waals surface area contributed by atoms with Crippen molar-refractivity contribution >= 4 is 0 Å². The zero-order valence-electron chi connectivity index (χ0n) is 7.69. The van der Waals surface area contributed by atoms with E-state index in [9.17, 15) is 0 Å². The monoisotopic (exact) mass is 177 g/mol. The maximum absolute atomic E-state index is 5.60. The number of rotatable bonds is 1. The molecule has 0 N–H and O–H groups in total. The molecule has 2 nitrogen and oxygen atoms in total. The third-order valence-corrected chi connectivity index (χ3v) is 2.23. The summed E-state index contributed by atoms with van der Waals surface area (Å²) in [5.41, 5.74) is 1.04. The van der Waals surface area contributed by atoms with Gasteiger partial charge in [0.15, 0.2) is 5.79 Å². The molecule has 13 heavy (non-hydrogen) atoms. The predicted octanol–water partition coefficient (Wildman–Crippen LogP) is 2.11. The van der Waals surface area contributed by atoms with Gasteiger partial charge in [-0.25, -0.2) is 0 Å². The quantitative estimate of drug-likeness (QED) is 0.654. The minimum absolute atomic E-state index is 0.0646. The van der Waals surface area contributed by atoms with E-state index in [-0.39, 0.29) is 6.10 Å². The lowest BCUT2D eigenvalue weighted by molar-refractivity contribution is -0.157. The first-order chi connectivity index (χ1) is 6.21. The Labute approximate surface area is 78.5 Å². The Morgan fingerprint density at radius 3 is 2.62 bits per heavy atom. The number of ether oxygens (including phenoxy) is 2. The third-order valence-electron chi connectivity index (χ3n) is 2.23. The van der Waals surface area contributed by atoms with Crippen molar-refractivity contribution in [1.29, 1.82) is 0 Å². The SMILES string of the molecule is [CH2]C1COC(C)(c2ccccc2)O1. The molecular formula is C11H13O2. The third kappa shape index (κ3) is 1.60. The zero-order valence-corrected chi connectivity index (χ0v) is 7.69. The van der Waals surface area contributed by atoms with E-state index in [1.165, 1.54) is 0 Å². The fourth-order valence-electron chi connectivity index (χ4n) is 1.53. The highest BCUT2D eigenvalue weighted by Gasteiger charge is 2.36. The average molecular weight is 177 g/mol. The van der Waals surface area contributed by atoms with Gasteiger partial charge in [0.05, 0.1) is 12.7 Å². The molecule has 1 aromatic rings. The number of benzene rings is 1. The zero-order chi connectivity index (χ0) is 9.31. The molecule has 1 fully saturated rings. The molecule has 0 amide bonds. The van der Waals surface area contributed by atoms with Crippen LogP contribution in [0.15, 0.2) is 30.3 Å². The summed E-state index contributed by atoms with van der Waals surface area (Å²) < 4.78 is 11.2. The number of hydrogen-bond donors (Lipinski definition) is 0. The van der Waals surface area contributed by atoms with E-state index < -0.39 is 5.79 Å². The Kier molecular flexibility index (Phi) is 2.10. The van der Waals surface area contributed by atoms with Crippen molar-refractivity contribution in [1.82, 2.24) is 0 Å². The standard InChI is InChI=1S/C11H13O2/c1-9-8-12-11(2,13-9)10-6-4-3-5-7-10/h3-7,9H,1,8H2,2H3. The van der Waals surface area contributed by atoms with Crippen LogP contribution in [0.1, 0.15) is 12.5 Å². The van der Waals surface area contributed by atoms with Crippen LogP contribution in [0.25, 0.3) is 0 Å². The Morgan fingerprint density at radius 1 is 1.38 bits per heavy atom. The second kappa shape index (κ2) is 3.13. The molecule has 0 bridgehead atoms. The Balaban J connectivity index is 2.26. The normalized spacial score (nSPS) is 33.5. The Morgan fingerprint density at radius 2 is 2.08 bits per heavy atom. The Bertz CT molecular complexity index is 283. The summed E-state index contributed by atoms with van der Waals surface area (Å²) >= 11 is 0. The van der Waals surface area contributed by atoms with Crippen molar-refractivity contribution in [3.8, 4) is 0 Å². The van der Waals surface area contributed by atoms with Gasteiger partial charge in [-0.15, -0.1) is 0 Å². The topological polar surface area (TPSA) is 18.5 Å². The lowest BCUT2D eigenvalue weighted by Gasteiger charge is -2.23. The molecule has 1 radical (unpaired) electrons. The van der Waals surface area contributed by atoms with Crippen molar-refractivity contribution < 1.29 is 9.47 Å². The fraction of sp³-hybridized carbons (Fsp3) is 0.364. The molecule has 1 aliphatic rings. The molecule has 1 heterocycles. The lowest BCUT2D eigenvalue weighted by Crippen LogP contribution is -2.23. The highest BCUT2D eigenvalue weighted by Crippen LogP contribution is 2.32. The van der Waals surface area contributed by atoms with Crippen LogP contribution in [0.3, 0.4) is 0 Å². The molecule has 1 aromatic carbocycles. The first kappa shape index (κ1) is 8.73. The van der Waals surface area contributed by atoms with Gasteiger partial charge in [-0.2, -0.15) is 0 Å². The van der Waals surface area contributed by atoms with E-state index in [2.05, 4.69) is 6.92 Å². The van der Waals surface area contributed by atoms with Crippen LogP contribution in [0, 0.1) is 6.92 Å². The molecule has 1 aliphatic heterocycles. The molecular weight excluding hydrogens is 164 g/mol. The van der Waals surface area contributed by atoms with Gasteiger partial charge in [0.2, 0.25) is 0 Å². The fourth-order valence-corrected chi connectivity index (χ4v) is 1.53. The number of hydrogen-bond acceptors (Lipinski definition) is 2.